The molecule has 4 rings (SSSR count). The summed E-state index contributed by atoms with van der Waals surface area (Å²) in [6.07, 6.45) is 0.981. The Balaban J connectivity index is 1.36. The van der Waals surface area contributed by atoms with Gasteiger partial charge in [-0.3, -0.25) is 0 Å². The summed E-state index contributed by atoms with van der Waals surface area (Å²) in [5, 5.41) is 0. The number of esters is 1. The first-order valence-electron chi connectivity index (χ1n) is 12.2. The van der Waals surface area contributed by atoms with Gasteiger partial charge in [-0.25, -0.2) is 9.78 Å². The lowest BCUT2D eigenvalue weighted by atomic mass is 9.96. The van der Waals surface area contributed by atoms with Crippen molar-refractivity contribution < 1.29 is 23.4 Å². The Hall–Kier alpha value is -3.58. The van der Waals surface area contributed by atoms with Gasteiger partial charge in [-0.05, 0) is 68.8 Å². The van der Waals surface area contributed by atoms with Gasteiger partial charge in [-0.1, -0.05) is 52.3 Å². The number of hydrogen-bond acceptors (Lipinski definition) is 6. The summed E-state index contributed by atoms with van der Waals surface area (Å²) < 4.78 is 24.2. The summed E-state index contributed by atoms with van der Waals surface area (Å²) >= 11 is 3.48. The van der Waals surface area contributed by atoms with E-state index in [1.54, 1.807) is 13.8 Å². The number of rotatable bonds is 11. The van der Waals surface area contributed by atoms with E-state index < -0.39 is 11.6 Å². The second kappa shape index (κ2) is 12.1. The molecule has 0 fully saturated rings. The molecule has 3 aromatic carbocycles. The zero-order valence-electron chi connectivity index (χ0n) is 21.2. The van der Waals surface area contributed by atoms with Crippen LogP contribution in [0.25, 0.3) is 11.5 Å². The van der Waals surface area contributed by atoms with Gasteiger partial charge in [0.05, 0.1) is 18.9 Å². The SMILES string of the molecule is CCOC(=O)C(C)(Cc1ccc(OCCc2nc(-c3cccc(Br)c3)oc2C)cc1)Oc1ccccc1. The normalized spacial score (nSPS) is 12.5. The van der Waals surface area contributed by atoms with Crippen molar-refractivity contribution in [1.29, 1.82) is 0 Å². The highest BCUT2D eigenvalue weighted by Crippen LogP contribution is 2.26. The van der Waals surface area contributed by atoms with Crippen molar-refractivity contribution in [2.45, 2.75) is 39.2 Å². The second-order valence-corrected chi connectivity index (χ2v) is 9.73. The molecule has 0 aliphatic rings. The quantitative estimate of drug-likeness (QED) is 0.183. The van der Waals surface area contributed by atoms with Crippen LogP contribution < -0.4 is 9.47 Å². The smallest absolute Gasteiger partial charge is 0.350 e. The number of halogens is 1. The molecule has 4 aromatic rings. The maximum absolute atomic E-state index is 12.8. The highest BCUT2D eigenvalue weighted by atomic mass is 79.9. The number of nitrogens with zero attached hydrogens (tertiary/aromatic N) is 1. The third kappa shape index (κ3) is 7.01. The molecular weight excluding hydrogens is 534 g/mol. The molecule has 0 aliphatic heterocycles. The number of ether oxygens (including phenoxy) is 3. The van der Waals surface area contributed by atoms with E-state index in [0.29, 0.717) is 31.1 Å². The molecule has 0 bridgehead atoms. The summed E-state index contributed by atoms with van der Waals surface area (Å²) in [7, 11) is 0. The van der Waals surface area contributed by atoms with Crippen molar-refractivity contribution in [3.63, 3.8) is 0 Å². The number of aryl methyl sites for hydroxylation is 1. The van der Waals surface area contributed by atoms with E-state index in [1.807, 2.05) is 85.8 Å². The topological polar surface area (TPSA) is 70.8 Å². The van der Waals surface area contributed by atoms with Crippen LogP contribution >= 0.6 is 15.9 Å². The van der Waals surface area contributed by atoms with E-state index in [0.717, 1.165) is 32.8 Å². The van der Waals surface area contributed by atoms with Gasteiger partial charge in [0.15, 0.2) is 0 Å². The number of aromatic nitrogens is 1. The summed E-state index contributed by atoms with van der Waals surface area (Å²) in [4.78, 5) is 17.4. The molecule has 7 heteroatoms. The maximum atomic E-state index is 12.8. The predicted octanol–water partition coefficient (Wildman–Crippen LogP) is 6.98. The standard InChI is InChI=1S/C30H30BrNO5/c1-4-34-29(33)30(3,37-26-11-6-5-7-12-26)20-22-13-15-25(16-14-22)35-18-17-27-21(2)36-28(32-27)23-9-8-10-24(31)19-23/h5-16,19H,4,17-18,20H2,1-3H3. The molecule has 0 amide bonds. The average Bonchev–Trinajstić information content (AvgIpc) is 3.26. The fraction of sp³-hybridized carbons (Fsp3) is 0.267. The fourth-order valence-corrected chi connectivity index (χ4v) is 4.35. The zero-order valence-corrected chi connectivity index (χ0v) is 22.8. The molecule has 1 heterocycles. The molecule has 1 atom stereocenters. The first kappa shape index (κ1) is 26.5. The molecule has 1 unspecified atom stereocenters. The van der Waals surface area contributed by atoms with Crippen LogP contribution in [0.1, 0.15) is 30.9 Å². The van der Waals surface area contributed by atoms with Crippen molar-refractivity contribution in [3.05, 3.63) is 100 Å². The van der Waals surface area contributed by atoms with E-state index >= 15 is 0 Å². The molecule has 0 aliphatic carbocycles. The molecule has 37 heavy (non-hydrogen) atoms. The average molecular weight is 564 g/mol. The largest absolute Gasteiger partial charge is 0.493 e. The molecular formula is C30H30BrNO5. The Morgan fingerprint density at radius 3 is 2.46 bits per heavy atom. The van der Waals surface area contributed by atoms with Crippen LogP contribution in [0.5, 0.6) is 11.5 Å². The van der Waals surface area contributed by atoms with Gasteiger partial charge >= 0.3 is 5.97 Å². The minimum Gasteiger partial charge on any atom is -0.493 e. The number of hydrogen-bond donors (Lipinski definition) is 0. The van der Waals surface area contributed by atoms with E-state index in [9.17, 15) is 4.79 Å². The Labute approximate surface area is 225 Å². The molecule has 0 N–H and O–H groups in total. The minimum absolute atomic E-state index is 0.286. The highest BCUT2D eigenvalue weighted by Gasteiger charge is 2.37. The van der Waals surface area contributed by atoms with Crippen LogP contribution in [0.3, 0.4) is 0 Å². The van der Waals surface area contributed by atoms with Gasteiger partial charge < -0.3 is 18.6 Å². The Morgan fingerprint density at radius 1 is 1.00 bits per heavy atom. The Bertz CT molecular complexity index is 1320. The summed E-state index contributed by atoms with van der Waals surface area (Å²) in [6, 6.07) is 24.8. The monoisotopic (exact) mass is 563 g/mol. The van der Waals surface area contributed by atoms with Crippen LogP contribution in [-0.2, 0) is 22.4 Å². The lowest BCUT2D eigenvalue weighted by Gasteiger charge is -2.28. The van der Waals surface area contributed by atoms with Crippen LogP contribution in [0.4, 0.5) is 0 Å². The number of carbonyl (C=O) groups is 1. The van der Waals surface area contributed by atoms with Gasteiger partial charge in [0.1, 0.15) is 17.3 Å². The third-order valence-corrected chi connectivity index (χ3v) is 6.32. The van der Waals surface area contributed by atoms with E-state index in [4.69, 9.17) is 18.6 Å². The van der Waals surface area contributed by atoms with Gasteiger partial charge in [-0.15, -0.1) is 0 Å². The van der Waals surface area contributed by atoms with Gasteiger partial charge in [0, 0.05) is 22.9 Å². The van der Waals surface area contributed by atoms with Crippen LogP contribution in [-0.4, -0.2) is 29.8 Å². The molecule has 192 valence electrons. The third-order valence-electron chi connectivity index (χ3n) is 5.83. The van der Waals surface area contributed by atoms with Gasteiger partial charge in [-0.2, -0.15) is 0 Å². The van der Waals surface area contributed by atoms with Crippen molar-refractivity contribution in [3.8, 4) is 23.0 Å². The molecule has 0 saturated heterocycles. The number of oxazole rings is 1. The second-order valence-electron chi connectivity index (χ2n) is 8.82. The molecule has 6 nitrogen and oxygen atoms in total. The van der Waals surface area contributed by atoms with Crippen LogP contribution in [0, 0.1) is 6.92 Å². The molecule has 0 saturated carbocycles. The maximum Gasteiger partial charge on any atom is 0.350 e. The summed E-state index contributed by atoms with van der Waals surface area (Å²) in [5.41, 5.74) is 1.57. The zero-order chi connectivity index (χ0) is 26.3. The van der Waals surface area contributed by atoms with E-state index in [-0.39, 0.29) is 6.61 Å². The minimum atomic E-state index is -1.16. The first-order valence-corrected chi connectivity index (χ1v) is 13.0. The fourth-order valence-electron chi connectivity index (χ4n) is 3.95. The lowest BCUT2D eigenvalue weighted by molar-refractivity contribution is -0.160. The van der Waals surface area contributed by atoms with Crippen molar-refractivity contribution in [2.75, 3.05) is 13.2 Å². The van der Waals surface area contributed by atoms with Gasteiger partial charge in [0.2, 0.25) is 11.5 Å². The van der Waals surface area contributed by atoms with Crippen molar-refractivity contribution in [1.82, 2.24) is 4.98 Å². The first-order chi connectivity index (χ1) is 17.9. The molecule has 0 spiro atoms. The highest BCUT2D eigenvalue weighted by molar-refractivity contribution is 9.10. The van der Waals surface area contributed by atoms with Crippen LogP contribution in [0.2, 0.25) is 0 Å². The van der Waals surface area contributed by atoms with E-state index in [2.05, 4.69) is 20.9 Å². The summed E-state index contributed by atoms with van der Waals surface area (Å²) in [6.45, 7) is 6.20. The van der Waals surface area contributed by atoms with Crippen LogP contribution in [0.15, 0.2) is 87.8 Å². The van der Waals surface area contributed by atoms with Crippen molar-refractivity contribution >= 4 is 21.9 Å². The number of para-hydroxylation sites is 1. The number of carbonyl (C=O) groups excluding carboxylic acids is 1. The predicted molar refractivity (Wildman–Crippen MR) is 146 cm³/mol. The number of benzene rings is 3. The molecule has 1 aromatic heterocycles. The Morgan fingerprint density at radius 2 is 1.76 bits per heavy atom. The van der Waals surface area contributed by atoms with Crippen molar-refractivity contribution in [2.24, 2.45) is 0 Å². The lowest BCUT2D eigenvalue weighted by Crippen LogP contribution is -2.45. The van der Waals surface area contributed by atoms with Gasteiger partial charge in [0.25, 0.3) is 0 Å². The Kier molecular flexibility index (Phi) is 8.66. The summed E-state index contributed by atoms with van der Waals surface area (Å²) in [5.74, 6) is 2.33. The van der Waals surface area contributed by atoms with E-state index in [1.165, 1.54) is 0 Å². The molecule has 0 radical (unpaired) electrons.